The van der Waals surface area contributed by atoms with Crippen LogP contribution in [0.3, 0.4) is 0 Å². The minimum absolute atomic E-state index is 0.0629. The van der Waals surface area contributed by atoms with Crippen molar-refractivity contribution < 1.29 is 9.90 Å². The van der Waals surface area contributed by atoms with E-state index in [1.807, 2.05) is 6.07 Å². The molecule has 0 radical (unpaired) electrons. The van der Waals surface area contributed by atoms with Gasteiger partial charge in [0.1, 0.15) is 0 Å². The maximum Gasteiger partial charge on any atom is 0.238 e. The summed E-state index contributed by atoms with van der Waals surface area (Å²) in [6, 6.07) is 6.78. The number of aryl methyl sites for hydroxylation is 1. The molecule has 0 saturated carbocycles. The van der Waals surface area contributed by atoms with Crippen molar-refractivity contribution in [2.45, 2.75) is 51.5 Å². The molecule has 1 atom stereocenters. The quantitative estimate of drug-likeness (QED) is 0.798. The Morgan fingerprint density at radius 3 is 2.76 bits per heavy atom. The molecule has 1 aromatic carbocycles. The number of nitrogens with one attached hydrogen (secondary N) is 1. The Kier molecular flexibility index (Phi) is 6.32. The van der Waals surface area contributed by atoms with Crippen LogP contribution in [0.1, 0.15) is 44.1 Å². The fraction of sp³-hybridized carbons (Fsp3) is 0.650. The molecule has 2 saturated heterocycles. The number of likely N-dealkylation sites (tertiary alicyclic amines) is 1. The second kappa shape index (κ2) is 8.68. The van der Waals surface area contributed by atoms with E-state index in [4.69, 9.17) is 5.11 Å². The minimum Gasteiger partial charge on any atom is -0.396 e. The van der Waals surface area contributed by atoms with Crippen LogP contribution < -0.4 is 10.2 Å². The number of anilines is 2. The minimum atomic E-state index is 0.0629. The van der Waals surface area contributed by atoms with E-state index in [1.165, 1.54) is 18.5 Å². The van der Waals surface area contributed by atoms with E-state index < -0.39 is 0 Å². The zero-order valence-electron chi connectivity index (χ0n) is 15.3. The summed E-state index contributed by atoms with van der Waals surface area (Å²) in [5, 5.41) is 12.1. The average molecular weight is 345 g/mol. The summed E-state index contributed by atoms with van der Waals surface area (Å²) in [5.74, 6) is 0.0629. The monoisotopic (exact) mass is 345 g/mol. The van der Waals surface area contributed by atoms with Crippen molar-refractivity contribution in [1.29, 1.82) is 0 Å². The topological polar surface area (TPSA) is 55.8 Å². The molecular formula is C20H31N3O2. The third-order valence-electron chi connectivity index (χ3n) is 5.50. The molecule has 2 aliphatic rings. The highest BCUT2D eigenvalue weighted by Gasteiger charge is 2.25. The van der Waals surface area contributed by atoms with Crippen LogP contribution in [0.4, 0.5) is 11.4 Å². The highest BCUT2D eigenvalue weighted by Crippen LogP contribution is 2.26. The van der Waals surface area contributed by atoms with Gasteiger partial charge >= 0.3 is 0 Å². The molecule has 1 amide bonds. The zero-order valence-corrected chi connectivity index (χ0v) is 15.3. The van der Waals surface area contributed by atoms with E-state index >= 15 is 0 Å². The Morgan fingerprint density at radius 1 is 1.24 bits per heavy atom. The lowest BCUT2D eigenvalue weighted by Gasteiger charge is -2.24. The van der Waals surface area contributed by atoms with Crippen molar-refractivity contribution >= 4 is 17.3 Å². The fourth-order valence-corrected chi connectivity index (χ4v) is 4.09. The van der Waals surface area contributed by atoms with E-state index in [2.05, 4.69) is 34.2 Å². The molecule has 5 nitrogen and oxygen atoms in total. The van der Waals surface area contributed by atoms with Crippen LogP contribution in [0.5, 0.6) is 0 Å². The molecule has 0 aromatic heterocycles. The lowest BCUT2D eigenvalue weighted by atomic mass is 10.1. The molecule has 138 valence electrons. The van der Waals surface area contributed by atoms with Crippen LogP contribution in [0, 0.1) is 6.92 Å². The fourth-order valence-electron chi connectivity index (χ4n) is 4.09. The van der Waals surface area contributed by atoms with Crippen molar-refractivity contribution in [1.82, 2.24) is 4.90 Å². The van der Waals surface area contributed by atoms with Crippen molar-refractivity contribution in [2.75, 3.05) is 43.0 Å². The van der Waals surface area contributed by atoms with Crippen LogP contribution >= 0.6 is 0 Å². The second-order valence-corrected chi connectivity index (χ2v) is 7.37. The van der Waals surface area contributed by atoms with Gasteiger partial charge in [-0.15, -0.1) is 0 Å². The Labute approximate surface area is 151 Å². The molecule has 2 heterocycles. The van der Waals surface area contributed by atoms with Gasteiger partial charge in [-0.1, -0.05) is 0 Å². The standard InChI is InChI=1S/C20H31N3O2/c1-16-14-18(22-10-2-3-11-22)8-9-19(16)21-20(25)15-23-12-4-6-17(23)7-5-13-24/h8-9,14,17,24H,2-7,10-13,15H2,1H3,(H,21,25). The first-order valence-electron chi connectivity index (χ1n) is 9.68. The highest BCUT2D eigenvalue weighted by atomic mass is 16.3. The van der Waals surface area contributed by atoms with Crippen molar-refractivity contribution in [3.05, 3.63) is 23.8 Å². The number of hydrogen-bond acceptors (Lipinski definition) is 4. The maximum atomic E-state index is 12.5. The summed E-state index contributed by atoms with van der Waals surface area (Å²) in [4.78, 5) is 17.1. The second-order valence-electron chi connectivity index (χ2n) is 7.37. The van der Waals surface area contributed by atoms with Gasteiger partial charge in [-0.05, 0) is 75.8 Å². The number of benzene rings is 1. The van der Waals surface area contributed by atoms with Gasteiger partial charge in [0.15, 0.2) is 0 Å². The van der Waals surface area contributed by atoms with Crippen LogP contribution in [0.15, 0.2) is 18.2 Å². The molecule has 0 bridgehead atoms. The third-order valence-corrected chi connectivity index (χ3v) is 5.50. The number of amides is 1. The normalized spacial score (nSPS) is 21.0. The first kappa shape index (κ1) is 18.2. The van der Waals surface area contributed by atoms with Gasteiger partial charge in [0.25, 0.3) is 0 Å². The molecule has 25 heavy (non-hydrogen) atoms. The smallest absolute Gasteiger partial charge is 0.238 e. The predicted molar refractivity (Wildman–Crippen MR) is 102 cm³/mol. The maximum absolute atomic E-state index is 12.5. The van der Waals surface area contributed by atoms with Crippen molar-refractivity contribution in [2.24, 2.45) is 0 Å². The van der Waals surface area contributed by atoms with Gasteiger partial charge in [-0.2, -0.15) is 0 Å². The van der Waals surface area contributed by atoms with Crippen molar-refractivity contribution in [3.63, 3.8) is 0 Å². The van der Waals surface area contributed by atoms with Gasteiger partial charge in [-0.3, -0.25) is 9.69 Å². The van der Waals surface area contributed by atoms with E-state index in [0.717, 1.165) is 56.6 Å². The lowest BCUT2D eigenvalue weighted by molar-refractivity contribution is -0.117. The summed E-state index contributed by atoms with van der Waals surface area (Å²) in [7, 11) is 0. The highest BCUT2D eigenvalue weighted by molar-refractivity contribution is 5.93. The number of carbonyl (C=O) groups excluding carboxylic acids is 1. The molecule has 2 fully saturated rings. The summed E-state index contributed by atoms with van der Waals surface area (Å²) in [5.41, 5.74) is 3.30. The van der Waals surface area contributed by atoms with Crippen LogP contribution in [0.2, 0.25) is 0 Å². The number of hydrogen-bond donors (Lipinski definition) is 2. The molecule has 3 rings (SSSR count). The number of aliphatic hydroxyl groups excluding tert-OH is 1. The predicted octanol–water partition coefficient (Wildman–Crippen LogP) is 2.77. The average Bonchev–Trinajstić information content (AvgIpc) is 3.27. The first-order valence-corrected chi connectivity index (χ1v) is 9.68. The van der Waals surface area contributed by atoms with E-state index in [9.17, 15) is 4.79 Å². The van der Waals surface area contributed by atoms with E-state index in [-0.39, 0.29) is 12.5 Å². The number of nitrogens with zero attached hydrogens (tertiary/aromatic N) is 2. The summed E-state index contributed by atoms with van der Waals surface area (Å²) < 4.78 is 0. The van der Waals surface area contributed by atoms with Gasteiger partial charge in [-0.25, -0.2) is 0 Å². The van der Waals surface area contributed by atoms with E-state index in [1.54, 1.807) is 0 Å². The van der Waals surface area contributed by atoms with Gasteiger partial charge in [0.05, 0.1) is 6.54 Å². The van der Waals surface area contributed by atoms with Gasteiger partial charge < -0.3 is 15.3 Å². The number of carbonyl (C=O) groups is 1. The first-order chi connectivity index (χ1) is 12.2. The Balaban J connectivity index is 1.55. The van der Waals surface area contributed by atoms with Crippen LogP contribution in [-0.4, -0.2) is 54.7 Å². The molecule has 0 aliphatic carbocycles. The molecule has 1 aromatic rings. The van der Waals surface area contributed by atoms with Crippen molar-refractivity contribution in [3.8, 4) is 0 Å². The third kappa shape index (κ3) is 4.73. The lowest BCUT2D eigenvalue weighted by Crippen LogP contribution is -2.37. The van der Waals surface area contributed by atoms with Crippen LogP contribution in [0.25, 0.3) is 0 Å². The molecule has 2 N–H and O–H groups in total. The number of rotatable bonds is 7. The zero-order chi connectivity index (χ0) is 17.6. The number of aliphatic hydroxyl groups is 1. The van der Waals surface area contributed by atoms with E-state index in [0.29, 0.717) is 12.6 Å². The Morgan fingerprint density at radius 2 is 2.04 bits per heavy atom. The molecule has 1 unspecified atom stereocenters. The van der Waals surface area contributed by atoms with Gasteiger partial charge in [0.2, 0.25) is 5.91 Å². The molecule has 2 aliphatic heterocycles. The Bertz CT molecular complexity index is 584. The molecule has 5 heteroatoms. The largest absolute Gasteiger partial charge is 0.396 e. The molecular weight excluding hydrogens is 314 g/mol. The van der Waals surface area contributed by atoms with Crippen LogP contribution in [-0.2, 0) is 4.79 Å². The summed E-state index contributed by atoms with van der Waals surface area (Å²) in [6.07, 6.45) is 6.62. The summed E-state index contributed by atoms with van der Waals surface area (Å²) in [6.45, 7) is 6.00. The summed E-state index contributed by atoms with van der Waals surface area (Å²) >= 11 is 0. The SMILES string of the molecule is Cc1cc(N2CCCC2)ccc1NC(=O)CN1CCCC1CCCO. The van der Waals surface area contributed by atoms with Gasteiger partial charge in [0, 0.05) is 37.1 Å². The Hall–Kier alpha value is -1.59. The molecule has 0 spiro atoms.